The lowest BCUT2D eigenvalue weighted by Gasteiger charge is -2.35. The average molecular weight is 289 g/mol. The number of amides is 1. The van der Waals surface area contributed by atoms with Crippen LogP contribution in [0.1, 0.15) is 49.9 Å². The Morgan fingerprint density at radius 2 is 1.95 bits per heavy atom. The predicted molar refractivity (Wildman–Crippen MR) is 81.6 cm³/mol. The van der Waals surface area contributed by atoms with Gasteiger partial charge in [0.15, 0.2) is 12.4 Å². The van der Waals surface area contributed by atoms with Crippen LogP contribution in [-0.4, -0.2) is 35.8 Å². The number of piperidine rings is 1. The van der Waals surface area contributed by atoms with Gasteiger partial charge in [-0.05, 0) is 56.9 Å². The van der Waals surface area contributed by atoms with Gasteiger partial charge >= 0.3 is 0 Å². The largest absolute Gasteiger partial charge is 0.484 e. The van der Waals surface area contributed by atoms with Crippen LogP contribution < -0.4 is 4.74 Å². The molecule has 0 radical (unpaired) electrons. The van der Waals surface area contributed by atoms with E-state index in [4.69, 9.17) is 4.74 Å². The van der Waals surface area contributed by atoms with E-state index in [0.717, 1.165) is 25.8 Å². The predicted octanol–water partition coefficient (Wildman–Crippen LogP) is 3.06. The first-order valence-electron chi connectivity index (χ1n) is 7.65. The van der Waals surface area contributed by atoms with Crippen LogP contribution in [0, 0.1) is 0 Å². The molecular formula is C17H23NO3. The molecule has 0 bridgehead atoms. The van der Waals surface area contributed by atoms with E-state index in [9.17, 15) is 9.59 Å². The van der Waals surface area contributed by atoms with Crippen molar-refractivity contribution in [2.45, 2.75) is 45.6 Å². The fraction of sp³-hybridized carbons (Fsp3) is 0.529. The molecule has 1 aromatic carbocycles. The van der Waals surface area contributed by atoms with Crippen molar-refractivity contribution in [3.63, 3.8) is 0 Å². The van der Waals surface area contributed by atoms with E-state index in [1.165, 1.54) is 13.3 Å². The maximum atomic E-state index is 12.3. The van der Waals surface area contributed by atoms with E-state index in [0.29, 0.717) is 17.4 Å². The first-order chi connectivity index (χ1) is 10.1. The molecule has 1 saturated heterocycles. The molecule has 1 aromatic rings. The summed E-state index contributed by atoms with van der Waals surface area (Å²) in [7, 11) is 0. The highest BCUT2D eigenvalue weighted by molar-refractivity contribution is 5.94. The van der Waals surface area contributed by atoms with Crippen molar-refractivity contribution in [1.82, 2.24) is 4.90 Å². The highest BCUT2D eigenvalue weighted by atomic mass is 16.5. The Kier molecular flexibility index (Phi) is 5.37. The lowest BCUT2D eigenvalue weighted by atomic mass is 10.00. The lowest BCUT2D eigenvalue weighted by Crippen LogP contribution is -2.45. The molecule has 4 heteroatoms. The number of likely N-dealkylation sites (tertiary alicyclic amines) is 1. The third-order valence-electron chi connectivity index (χ3n) is 4.04. The Labute approximate surface area is 126 Å². The number of carbonyl (C=O) groups excluding carboxylic acids is 2. The summed E-state index contributed by atoms with van der Waals surface area (Å²) in [6.45, 7) is 4.55. The van der Waals surface area contributed by atoms with E-state index in [1.807, 2.05) is 4.90 Å². The van der Waals surface area contributed by atoms with E-state index in [-0.39, 0.29) is 18.3 Å². The van der Waals surface area contributed by atoms with Crippen LogP contribution in [-0.2, 0) is 4.79 Å². The fourth-order valence-corrected chi connectivity index (χ4v) is 2.77. The highest BCUT2D eigenvalue weighted by Gasteiger charge is 2.25. The van der Waals surface area contributed by atoms with Crippen molar-refractivity contribution < 1.29 is 14.3 Å². The monoisotopic (exact) mass is 289 g/mol. The van der Waals surface area contributed by atoms with Crippen molar-refractivity contribution in [3.05, 3.63) is 29.8 Å². The minimum absolute atomic E-state index is 0.0248. The number of hydrogen-bond acceptors (Lipinski definition) is 3. The van der Waals surface area contributed by atoms with E-state index >= 15 is 0 Å². The van der Waals surface area contributed by atoms with Gasteiger partial charge in [-0.15, -0.1) is 0 Å². The summed E-state index contributed by atoms with van der Waals surface area (Å²) in [4.78, 5) is 25.4. The van der Waals surface area contributed by atoms with Gasteiger partial charge in [-0.25, -0.2) is 0 Å². The Balaban J connectivity index is 1.89. The zero-order valence-corrected chi connectivity index (χ0v) is 12.8. The summed E-state index contributed by atoms with van der Waals surface area (Å²) < 4.78 is 5.55. The van der Waals surface area contributed by atoms with Gasteiger partial charge < -0.3 is 9.64 Å². The first-order valence-corrected chi connectivity index (χ1v) is 7.65. The number of rotatable bonds is 5. The summed E-state index contributed by atoms with van der Waals surface area (Å²) in [6.07, 6.45) is 4.37. The van der Waals surface area contributed by atoms with Crippen LogP contribution in [0.2, 0.25) is 0 Å². The quantitative estimate of drug-likeness (QED) is 0.783. The lowest BCUT2D eigenvalue weighted by molar-refractivity contribution is -0.137. The molecule has 0 spiro atoms. The smallest absolute Gasteiger partial charge is 0.260 e. The van der Waals surface area contributed by atoms with Crippen molar-refractivity contribution in [3.8, 4) is 5.75 Å². The Morgan fingerprint density at radius 3 is 2.57 bits per heavy atom. The molecule has 1 atom stereocenters. The molecule has 1 unspecified atom stereocenters. The van der Waals surface area contributed by atoms with Crippen molar-refractivity contribution in [2.24, 2.45) is 0 Å². The summed E-state index contributed by atoms with van der Waals surface area (Å²) in [5.41, 5.74) is 0.649. The average Bonchev–Trinajstić information content (AvgIpc) is 2.52. The van der Waals surface area contributed by atoms with Crippen LogP contribution in [0.25, 0.3) is 0 Å². The molecule has 0 aliphatic carbocycles. The van der Waals surface area contributed by atoms with Crippen molar-refractivity contribution in [2.75, 3.05) is 13.2 Å². The summed E-state index contributed by atoms with van der Waals surface area (Å²) >= 11 is 0. The maximum Gasteiger partial charge on any atom is 0.260 e. The molecule has 4 nitrogen and oxygen atoms in total. The number of ether oxygens (including phenoxy) is 1. The Hall–Kier alpha value is -1.84. The number of carbonyl (C=O) groups is 2. The zero-order valence-electron chi connectivity index (χ0n) is 12.8. The van der Waals surface area contributed by atoms with Crippen molar-refractivity contribution in [1.29, 1.82) is 0 Å². The summed E-state index contributed by atoms with van der Waals surface area (Å²) in [5.74, 6) is 0.701. The molecule has 2 rings (SSSR count). The van der Waals surface area contributed by atoms with E-state index < -0.39 is 0 Å². The van der Waals surface area contributed by atoms with Gasteiger partial charge in [0.2, 0.25) is 0 Å². The number of nitrogens with zero attached hydrogens (tertiary/aromatic N) is 1. The van der Waals surface area contributed by atoms with Gasteiger partial charge in [0.25, 0.3) is 5.91 Å². The van der Waals surface area contributed by atoms with Crippen LogP contribution in [0.15, 0.2) is 24.3 Å². The minimum atomic E-state index is 0.0248. The van der Waals surface area contributed by atoms with E-state index in [2.05, 4.69) is 6.92 Å². The second kappa shape index (κ2) is 7.25. The normalized spacial score (nSPS) is 18.4. The molecule has 1 aliphatic rings. The van der Waals surface area contributed by atoms with Crippen LogP contribution in [0.5, 0.6) is 5.75 Å². The number of benzene rings is 1. The van der Waals surface area contributed by atoms with Gasteiger partial charge in [0.1, 0.15) is 5.75 Å². The first kappa shape index (κ1) is 15.5. The fourth-order valence-electron chi connectivity index (χ4n) is 2.77. The molecule has 21 heavy (non-hydrogen) atoms. The molecule has 1 fully saturated rings. The molecule has 114 valence electrons. The number of hydrogen-bond donors (Lipinski definition) is 0. The SMILES string of the molecule is CCC1CCCCN1C(=O)COc1ccc(C(C)=O)cc1. The maximum absolute atomic E-state index is 12.3. The second-order valence-corrected chi connectivity index (χ2v) is 5.51. The Morgan fingerprint density at radius 1 is 1.24 bits per heavy atom. The van der Waals surface area contributed by atoms with Crippen LogP contribution in [0.3, 0.4) is 0 Å². The zero-order chi connectivity index (χ0) is 15.2. The molecule has 0 saturated carbocycles. The van der Waals surface area contributed by atoms with Gasteiger partial charge in [0, 0.05) is 18.2 Å². The Bertz CT molecular complexity index is 495. The third kappa shape index (κ3) is 4.06. The summed E-state index contributed by atoms with van der Waals surface area (Å²) in [6, 6.07) is 7.26. The topological polar surface area (TPSA) is 46.6 Å². The van der Waals surface area contributed by atoms with Gasteiger partial charge in [0.05, 0.1) is 0 Å². The van der Waals surface area contributed by atoms with Crippen LogP contribution in [0.4, 0.5) is 0 Å². The molecule has 1 aliphatic heterocycles. The standard InChI is InChI=1S/C17H23NO3/c1-3-15-6-4-5-11-18(15)17(20)12-21-16-9-7-14(8-10-16)13(2)19/h7-10,15H,3-6,11-12H2,1-2H3. The molecule has 0 aromatic heterocycles. The van der Waals surface area contributed by atoms with E-state index in [1.54, 1.807) is 24.3 Å². The van der Waals surface area contributed by atoms with Gasteiger partial charge in [-0.3, -0.25) is 9.59 Å². The molecule has 1 amide bonds. The van der Waals surface area contributed by atoms with Crippen LogP contribution >= 0.6 is 0 Å². The number of ketones is 1. The molecule has 1 heterocycles. The second-order valence-electron chi connectivity index (χ2n) is 5.51. The minimum Gasteiger partial charge on any atom is -0.484 e. The highest BCUT2D eigenvalue weighted by Crippen LogP contribution is 2.20. The molecule has 0 N–H and O–H groups in total. The third-order valence-corrected chi connectivity index (χ3v) is 4.04. The van der Waals surface area contributed by atoms with Crippen molar-refractivity contribution >= 4 is 11.7 Å². The molecular weight excluding hydrogens is 266 g/mol. The summed E-state index contributed by atoms with van der Waals surface area (Å²) in [5, 5.41) is 0. The van der Waals surface area contributed by atoms with Gasteiger partial charge in [-0.2, -0.15) is 0 Å². The van der Waals surface area contributed by atoms with Gasteiger partial charge in [-0.1, -0.05) is 6.92 Å². The number of Topliss-reactive ketones (excluding diaryl/α,β-unsaturated/α-hetero) is 1.